The number of hydrogen-bond donors (Lipinski definition) is 0. The molecule has 0 aliphatic rings. The van der Waals surface area contributed by atoms with E-state index in [1.807, 2.05) is 0 Å². The Kier molecular flexibility index (Phi) is 8.86. The molecule has 0 saturated heterocycles. The van der Waals surface area contributed by atoms with Gasteiger partial charge in [0, 0.05) is 52.3 Å². The van der Waals surface area contributed by atoms with Crippen LogP contribution in [-0.4, -0.2) is 10.5 Å². The van der Waals surface area contributed by atoms with E-state index in [0.717, 1.165) is 13.1 Å². The summed E-state index contributed by atoms with van der Waals surface area (Å²) in [6, 6.07) is 8.62. The number of aromatic nitrogens is 2. The second-order valence-corrected chi connectivity index (χ2v) is 9.57. The standard InChI is InChI=1S/C8H9I2N.C6H10N2.Pt/c1-7-2-4-8(5-3-7)6-11(9)10;1-3-8-5-4-7(2)6-8;/h2-5H,6H2,1H3;4-5H,3H2,1-2H3;. The van der Waals surface area contributed by atoms with Gasteiger partial charge in [-0.25, -0.2) is 0 Å². The van der Waals surface area contributed by atoms with Crippen LogP contribution in [0.25, 0.3) is 0 Å². The van der Waals surface area contributed by atoms with Gasteiger partial charge in [0.15, 0.2) is 0 Å². The molecule has 0 amide bonds. The van der Waals surface area contributed by atoms with Gasteiger partial charge in [0.2, 0.25) is 0 Å². The number of nitrogens with zero attached hydrogens (tertiary/aromatic N) is 3. The van der Waals surface area contributed by atoms with Crippen molar-refractivity contribution in [3.05, 3.63) is 51.6 Å². The van der Waals surface area contributed by atoms with Crippen molar-refractivity contribution in [2.75, 3.05) is 0 Å². The average molecular weight is 678 g/mol. The number of rotatable bonds is 3. The van der Waals surface area contributed by atoms with Crippen LogP contribution in [0.4, 0.5) is 0 Å². The Labute approximate surface area is 159 Å². The van der Waals surface area contributed by atoms with E-state index in [1.54, 1.807) is 0 Å². The van der Waals surface area contributed by atoms with Crippen LogP contribution in [0, 0.1) is 10.7 Å². The van der Waals surface area contributed by atoms with Crippen LogP contribution in [0.3, 0.4) is 0 Å². The molecule has 114 valence electrons. The molecule has 0 unspecified atom stereocenters. The fourth-order valence-electron chi connectivity index (χ4n) is 1.55. The molecule has 0 aliphatic carbocycles. The molecule has 2 aromatic rings. The van der Waals surface area contributed by atoms with Gasteiger partial charge in [0.05, 0.1) is 0 Å². The van der Waals surface area contributed by atoms with Crippen LogP contribution < -0.4 is 0 Å². The van der Waals surface area contributed by atoms with Crippen LogP contribution in [0.1, 0.15) is 18.1 Å². The van der Waals surface area contributed by atoms with Gasteiger partial charge in [0.1, 0.15) is 0 Å². The SMILES string of the molecule is CCn1ccn(C)[c]1=[Pt].Cc1ccc(CN(I)I)cc1. The molecule has 0 spiro atoms. The van der Waals surface area contributed by atoms with E-state index in [-0.39, 0.29) is 0 Å². The molecular weight excluding hydrogens is 659 g/mol. The van der Waals surface area contributed by atoms with E-state index in [2.05, 4.69) is 133 Å². The largest absolute Gasteiger partial charge is 0.184 e. The Hall–Kier alpha value is 0.538. The predicted octanol–water partition coefficient (Wildman–Crippen LogP) is 4.42. The zero-order valence-electron chi connectivity index (χ0n) is 11.8. The molecule has 0 atom stereocenters. The first-order valence-corrected chi connectivity index (χ1v) is 9.32. The third-order valence-electron chi connectivity index (χ3n) is 2.72. The Bertz CT molecular complexity index is 573. The van der Waals surface area contributed by atoms with Crippen LogP contribution in [0.2, 0.25) is 0 Å². The molecule has 0 saturated carbocycles. The topological polar surface area (TPSA) is 13.1 Å². The Balaban J connectivity index is 0.000000204. The molecule has 0 aliphatic heterocycles. The fourth-order valence-corrected chi connectivity index (χ4v) is 3.04. The number of benzene rings is 1. The van der Waals surface area contributed by atoms with Crippen molar-refractivity contribution >= 4 is 45.7 Å². The monoisotopic (exact) mass is 678 g/mol. The molecule has 3 nitrogen and oxygen atoms in total. The summed E-state index contributed by atoms with van der Waals surface area (Å²) >= 11 is 6.86. The van der Waals surface area contributed by atoms with E-state index in [1.165, 1.54) is 14.9 Å². The van der Waals surface area contributed by atoms with E-state index < -0.39 is 0 Å². The third-order valence-corrected chi connectivity index (χ3v) is 4.86. The zero-order valence-corrected chi connectivity index (χ0v) is 18.4. The summed E-state index contributed by atoms with van der Waals surface area (Å²) in [4.78, 5) is 0. The minimum atomic E-state index is 1.00. The summed E-state index contributed by atoms with van der Waals surface area (Å²) in [6.45, 7) is 6.30. The van der Waals surface area contributed by atoms with E-state index in [9.17, 15) is 0 Å². The molecule has 1 heterocycles. The Morgan fingerprint density at radius 1 is 1.15 bits per heavy atom. The summed E-state index contributed by atoms with van der Waals surface area (Å²) in [5.41, 5.74) is 2.68. The fraction of sp³-hybridized carbons (Fsp3) is 0.357. The smallest absolute Gasteiger partial charge is 0.0435 e. The van der Waals surface area contributed by atoms with E-state index in [4.69, 9.17) is 0 Å². The van der Waals surface area contributed by atoms with Crippen LogP contribution in [-0.2, 0) is 39.5 Å². The van der Waals surface area contributed by atoms with Gasteiger partial charge in [0.25, 0.3) is 0 Å². The van der Waals surface area contributed by atoms with Gasteiger partial charge < -0.3 is 0 Å². The molecule has 6 heteroatoms. The van der Waals surface area contributed by atoms with Crippen molar-refractivity contribution in [2.45, 2.75) is 26.9 Å². The van der Waals surface area contributed by atoms with Gasteiger partial charge in [-0.05, 0) is 12.5 Å². The number of halogens is 2. The molecule has 2 rings (SSSR count). The second-order valence-electron chi connectivity index (χ2n) is 4.38. The van der Waals surface area contributed by atoms with Crippen molar-refractivity contribution in [2.24, 2.45) is 7.05 Å². The van der Waals surface area contributed by atoms with Crippen molar-refractivity contribution < 1.29 is 19.4 Å². The predicted molar refractivity (Wildman–Crippen MR) is 97.1 cm³/mol. The third kappa shape index (κ3) is 6.54. The minimum Gasteiger partial charge on any atom is -0.184 e. The molecular formula is C14H19I2N3Pt. The van der Waals surface area contributed by atoms with Crippen LogP contribution in [0.15, 0.2) is 36.7 Å². The van der Waals surface area contributed by atoms with Gasteiger partial charge in [-0.1, -0.05) is 29.8 Å². The first-order valence-electron chi connectivity index (χ1n) is 6.25. The normalized spacial score (nSPS) is 10.4. The van der Waals surface area contributed by atoms with Crippen LogP contribution in [0.5, 0.6) is 0 Å². The maximum Gasteiger partial charge on any atom is 0.0435 e. The molecule has 0 N–H and O–H groups in total. The molecule has 1 aromatic heterocycles. The first kappa shape index (κ1) is 18.6. The van der Waals surface area contributed by atoms with Crippen molar-refractivity contribution in [1.82, 2.24) is 10.5 Å². The van der Waals surface area contributed by atoms with Gasteiger partial charge in [-0.3, -0.25) is 0 Å². The first-order chi connectivity index (χ1) is 9.43. The number of aryl methyl sites for hydroxylation is 3. The summed E-state index contributed by atoms with van der Waals surface area (Å²) < 4.78 is 7.68. The molecule has 0 bridgehead atoms. The molecule has 0 fully saturated rings. The Morgan fingerprint density at radius 3 is 2.10 bits per heavy atom. The van der Waals surface area contributed by atoms with Gasteiger partial charge >= 0.3 is 65.2 Å². The van der Waals surface area contributed by atoms with Crippen molar-refractivity contribution in [3.63, 3.8) is 0 Å². The van der Waals surface area contributed by atoms with Gasteiger partial charge in [-0.15, -0.1) is 0 Å². The molecule has 20 heavy (non-hydrogen) atoms. The average Bonchev–Trinajstić information content (AvgIpc) is 2.73. The summed E-state index contributed by atoms with van der Waals surface area (Å²) in [7, 11) is 2.05. The second kappa shape index (κ2) is 9.53. The summed E-state index contributed by atoms with van der Waals surface area (Å²) in [5.74, 6) is 0. The van der Waals surface area contributed by atoms with E-state index in [0.29, 0.717) is 0 Å². The van der Waals surface area contributed by atoms with Crippen molar-refractivity contribution in [3.8, 4) is 0 Å². The maximum atomic E-state index is 2.31. The molecule has 1 aromatic carbocycles. The maximum absolute atomic E-state index is 2.31. The number of imidazole rings is 1. The Morgan fingerprint density at radius 2 is 1.75 bits per heavy atom. The van der Waals surface area contributed by atoms with E-state index >= 15 is 0 Å². The zero-order chi connectivity index (χ0) is 15.1. The summed E-state index contributed by atoms with van der Waals surface area (Å²) in [6.07, 6.45) is 4.15. The number of hydrogen-bond acceptors (Lipinski definition) is 1. The molecule has 0 radical (unpaired) electrons. The van der Waals surface area contributed by atoms with Crippen molar-refractivity contribution in [1.29, 1.82) is 0 Å². The van der Waals surface area contributed by atoms with Crippen LogP contribution >= 0.6 is 45.7 Å². The quantitative estimate of drug-likeness (QED) is 0.347. The van der Waals surface area contributed by atoms with Gasteiger partial charge in [-0.2, -0.15) is 1.33 Å². The summed E-state index contributed by atoms with van der Waals surface area (Å²) in [5, 5.41) is 0. The minimum absolute atomic E-state index is 1.00.